The Morgan fingerprint density at radius 2 is 1.55 bits per heavy atom. The molecule has 53 heavy (non-hydrogen) atoms. The van der Waals surface area contributed by atoms with Crippen LogP contribution in [0.25, 0.3) is 54.9 Å². The van der Waals surface area contributed by atoms with E-state index in [1.54, 1.807) is 0 Å². The quantitative estimate of drug-likeness (QED) is 0.131. The fraction of sp³-hybridized carbons (Fsp3) is 0.128. The Morgan fingerprint density at radius 1 is 0.792 bits per heavy atom. The van der Waals surface area contributed by atoms with Crippen molar-refractivity contribution in [1.82, 2.24) is 15.2 Å². The summed E-state index contributed by atoms with van der Waals surface area (Å²) in [6.45, 7) is 2.89. The number of furan rings is 1. The largest absolute Gasteiger partial charge is 0.455 e. The zero-order valence-electron chi connectivity index (χ0n) is 29.5. The van der Waals surface area contributed by atoms with Gasteiger partial charge in [-0.2, -0.15) is 5.26 Å². The predicted molar refractivity (Wildman–Crippen MR) is 216 cm³/mol. The van der Waals surface area contributed by atoms with Crippen molar-refractivity contribution < 1.29 is 4.42 Å². The minimum absolute atomic E-state index is 0.224. The van der Waals surface area contributed by atoms with E-state index in [2.05, 4.69) is 119 Å². The zero-order chi connectivity index (χ0) is 35.9. The number of nitrogens with one attached hydrogen (secondary N) is 2. The highest BCUT2D eigenvalue weighted by Crippen LogP contribution is 2.42. The first kappa shape index (κ1) is 32.7. The lowest BCUT2D eigenvalue weighted by atomic mass is 9.88. The van der Waals surface area contributed by atoms with Crippen molar-refractivity contribution in [2.24, 2.45) is 5.73 Å². The molecular formula is C47H39N5O. The minimum atomic E-state index is -0.376. The van der Waals surface area contributed by atoms with Crippen molar-refractivity contribution in [3.05, 3.63) is 180 Å². The minimum Gasteiger partial charge on any atom is -0.455 e. The van der Waals surface area contributed by atoms with Crippen LogP contribution in [0.2, 0.25) is 0 Å². The van der Waals surface area contributed by atoms with Crippen LogP contribution >= 0.6 is 0 Å². The third-order valence-electron chi connectivity index (χ3n) is 10.7. The van der Waals surface area contributed by atoms with Crippen molar-refractivity contribution in [1.29, 1.82) is 5.26 Å². The lowest BCUT2D eigenvalue weighted by molar-refractivity contribution is 0.402. The lowest BCUT2D eigenvalue weighted by Gasteiger charge is -2.34. The Kier molecular flexibility index (Phi) is 8.25. The van der Waals surface area contributed by atoms with E-state index in [-0.39, 0.29) is 17.9 Å². The van der Waals surface area contributed by atoms with Gasteiger partial charge in [0.25, 0.3) is 0 Å². The molecule has 6 nitrogen and oxygen atoms in total. The number of benzene rings is 6. The van der Waals surface area contributed by atoms with E-state index in [0.29, 0.717) is 12.1 Å². The molecule has 1 aliphatic rings. The van der Waals surface area contributed by atoms with Gasteiger partial charge in [0.2, 0.25) is 0 Å². The number of nitrogens with zero attached hydrogens (tertiary/aromatic N) is 2. The van der Waals surface area contributed by atoms with Crippen LogP contribution in [-0.4, -0.2) is 10.7 Å². The number of nitriles is 1. The smallest absolute Gasteiger partial charge is 0.143 e. The zero-order valence-corrected chi connectivity index (χ0v) is 29.5. The Morgan fingerprint density at radius 3 is 2.38 bits per heavy atom. The van der Waals surface area contributed by atoms with E-state index in [1.807, 2.05) is 66.7 Å². The Labute approximate surface area is 308 Å². The highest BCUT2D eigenvalue weighted by atomic mass is 16.3. The molecule has 6 aromatic carbocycles. The van der Waals surface area contributed by atoms with E-state index in [1.165, 1.54) is 21.8 Å². The van der Waals surface area contributed by atoms with Gasteiger partial charge in [-0.3, -0.25) is 10.6 Å². The molecular weight excluding hydrogens is 651 g/mol. The fourth-order valence-electron chi connectivity index (χ4n) is 7.96. The number of allylic oxidation sites excluding steroid dienone is 2. The predicted octanol–water partition coefficient (Wildman–Crippen LogP) is 10.2. The van der Waals surface area contributed by atoms with E-state index < -0.39 is 0 Å². The van der Waals surface area contributed by atoms with Crippen LogP contribution < -0.4 is 16.4 Å². The first-order valence-corrected chi connectivity index (χ1v) is 18.1. The number of fused-ring (bicyclic) bond motifs is 6. The average molecular weight is 690 g/mol. The third-order valence-corrected chi connectivity index (χ3v) is 10.7. The van der Waals surface area contributed by atoms with Gasteiger partial charge in [0, 0.05) is 44.7 Å². The van der Waals surface area contributed by atoms with Crippen LogP contribution in [0.15, 0.2) is 168 Å². The van der Waals surface area contributed by atoms with Crippen LogP contribution in [0, 0.1) is 11.3 Å². The summed E-state index contributed by atoms with van der Waals surface area (Å²) >= 11 is 0. The molecule has 0 fully saturated rings. The topological polar surface area (TPSA) is 91.9 Å². The van der Waals surface area contributed by atoms with Crippen molar-refractivity contribution >= 4 is 43.7 Å². The van der Waals surface area contributed by atoms with Crippen molar-refractivity contribution in [2.75, 3.05) is 0 Å². The Bertz CT molecular complexity index is 2750. The van der Waals surface area contributed by atoms with E-state index in [4.69, 9.17) is 10.2 Å². The number of hydrogen-bond donors (Lipinski definition) is 3. The van der Waals surface area contributed by atoms with E-state index in [9.17, 15) is 5.26 Å². The van der Waals surface area contributed by atoms with Gasteiger partial charge in [0.1, 0.15) is 11.2 Å². The highest BCUT2D eigenvalue weighted by molar-refractivity contribution is 6.12. The van der Waals surface area contributed by atoms with Gasteiger partial charge in [0.05, 0.1) is 29.5 Å². The molecule has 3 unspecified atom stereocenters. The molecule has 0 saturated carbocycles. The summed E-state index contributed by atoms with van der Waals surface area (Å²) in [4.78, 5) is 0. The second kappa shape index (κ2) is 13.4. The SMILES string of the molecule is CC1(n2c3ccccc3c3cc(-c4cccc5c4oc4ccccc45)ccc32)C=CC(C(NCc2cccc(C#N)c2)NC(N)c2ccccc2)=CC1. The molecule has 0 spiro atoms. The molecule has 1 aliphatic carbocycles. The normalized spacial score (nSPS) is 17.0. The van der Waals surface area contributed by atoms with Gasteiger partial charge < -0.3 is 14.7 Å². The lowest BCUT2D eigenvalue weighted by Crippen LogP contribution is -2.47. The number of aromatic nitrogens is 1. The van der Waals surface area contributed by atoms with Crippen LogP contribution in [0.1, 0.15) is 36.2 Å². The summed E-state index contributed by atoms with van der Waals surface area (Å²) in [5, 5.41) is 21.5. The maximum absolute atomic E-state index is 9.45. The Hall–Kier alpha value is -6.23. The third kappa shape index (κ3) is 5.91. The highest BCUT2D eigenvalue weighted by Gasteiger charge is 2.30. The summed E-state index contributed by atoms with van der Waals surface area (Å²) in [5.41, 5.74) is 16.6. The van der Waals surface area contributed by atoms with Gasteiger partial charge in [-0.25, -0.2) is 0 Å². The fourth-order valence-corrected chi connectivity index (χ4v) is 7.96. The van der Waals surface area contributed by atoms with Gasteiger partial charge in [0.15, 0.2) is 0 Å². The number of hydrogen-bond acceptors (Lipinski definition) is 5. The van der Waals surface area contributed by atoms with Crippen LogP contribution in [0.3, 0.4) is 0 Å². The number of rotatable bonds is 9. The molecule has 0 aliphatic heterocycles. The summed E-state index contributed by atoms with van der Waals surface area (Å²) in [7, 11) is 0. The van der Waals surface area contributed by atoms with E-state index in [0.717, 1.165) is 56.2 Å². The summed E-state index contributed by atoms with van der Waals surface area (Å²) in [6, 6.07) is 50.3. The van der Waals surface area contributed by atoms with E-state index >= 15 is 0 Å². The molecule has 2 aromatic heterocycles. The van der Waals surface area contributed by atoms with Crippen molar-refractivity contribution in [3.63, 3.8) is 0 Å². The summed E-state index contributed by atoms with van der Waals surface area (Å²) in [6.07, 6.45) is 7.08. The monoisotopic (exact) mass is 689 g/mol. The number of nitrogens with two attached hydrogens (primary N) is 1. The molecule has 3 atom stereocenters. The standard InChI is InChI=1S/C47H39N5O/c1-47(25-23-34(24-26-47)46(51-45(49)33-13-3-2-4-14-33)50-30-32-12-9-11-31(27-32)29-48)52-41-19-7-5-15-37(41)40-28-35(21-22-42(40)52)36-17-10-18-39-38-16-6-8-20-43(38)53-44(36)39/h2-25,27-28,45-46,50-51H,26,30,49H2,1H3. The molecule has 9 rings (SSSR count). The molecule has 258 valence electrons. The van der Waals surface area contributed by atoms with Gasteiger partial charge in [-0.1, -0.05) is 121 Å². The second-order valence-electron chi connectivity index (χ2n) is 14.1. The molecule has 4 N–H and O–H groups in total. The molecule has 0 radical (unpaired) electrons. The molecule has 8 aromatic rings. The molecule has 6 heteroatoms. The maximum atomic E-state index is 9.45. The molecule has 0 amide bonds. The molecule has 0 bridgehead atoms. The maximum Gasteiger partial charge on any atom is 0.143 e. The van der Waals surface area contributed by atoms with Crippen molar-refractivity contribution in [3.8, 4) is 17.2 Å². The Balaban J connectivity index is 1.07. The van der Waals surface area contributed by atoms with Gasteiger partial charge >= 0.3 is 0 Å². The van der Waals surface area contributed by atoms with Crippen LogP contribution in [-0.2, 0) is 12.1 Å². The van der Waals surface area contributed by atoms with Crippen molar-refractivity contribution in [2.45, 2.75) is 37.8 Å². The average Bonchev–Trinajstić information content (AvgIpc) is 3.76. The molecule has 0 saturated heterocycles. The van der Waals surface area contributed by atoms with Crippen LogP contribution in [0.4, 0.5) is 0 Å². The van der Waals surface area contributed by atoms with Gasteiger partial charge in [-0.15, -0.1) is 0 Å². The first-order chi connectivity index (χ1) is 26.0. The molecule has 2 heterocycles. The summed E-state index contributed by atoms with van der Waals surface area (Å²) < 4.78 is 8.93. The number of para-hydroxylation sites is 3. The van der Waals surface area contributed by atoms with Crippen LogP contribution in [0.5, 0.6) is 0 Å². The van der Waals surface area contributed by atoms with Gasteiger partial charge in [-0.05, 0) is 72.0 Å². The second-order valence-corrected chi connectivity index (χ2v) is 14.1. The summed E-state index contributed by atoms with van der Waals surface area (Å²) in [5.74, 6) is 0. The first-order valence-electron chi connectivity index (χ1n) is 18.1.